The number of esters is 1. The maximum Gasteiger partial charge on any atom is 0.325 e. The van der Waals surface area contributed by atoms with Crippen molar-refractivity contribution >= 4 is 23.9 Å². The fourth-order valence-electron chi connectivity index (χ4n) is 1.11. The lowest BCUT2D eigenvalue weighted by molar-refractivity contribution is -0.141. The van der Waals surface area contributed by atoms with E-state index in [1.807, 2.05) is 0 Å². The molecule has 0 fully saturated rings. The monoisotopic (exact) mass is 261 g/mol. The minimum atomic E-state index is -1.30. The van der Waals surface area contributed by atoms with Gasteiger partial charge in [0, 0.05) is 7.05 Å². The molecule has 9 heteroatoms. The van der Waals surface area contributed by atoms with Gasteiger partial charge in [0.05, 0.1) is 7.11 Å². The Morgan fingerprint density at radius 2 is 1.72 bits per heavy atom. The summed E-state index contributed by atoms with van der Waals surface area (Å²) in [6, 6.07) is -0.804. The van der Waals surface area contributed by atoms with Gasteiger partial charge in [-0.05, 0) is 0 Å². The molecule has 18 heavy (non-hydrogen) atoms. The van der Waals surface area contributed by atoms with Crippen molar-refractivity contribution in [2.45, 2.75) is 0 Å². The molecule has 0 aromatic heterocycles. The molecule has 0 aromatic rings. The molecule has 3 N–H and O–H groups in total. The first-order valence-electron chi connectivity index (χ1n) is 4.84. The van der Waals surface area contributed by atoms with Gasteiger partial charge in [0.2, 0.25) is 5.91 Å². The highest BCUT2D eigenvalue weighted by Crippen LogP contribution is 1.97. The van der Waals surface area contributed by atoms with Crippen molar-refractivity contribution in [3.05, 3.63) is 0 Å². The lowest BCUT2D eigenvalue weighted by Crippen LogP contribution is -2.48. The minimum absolute atomic E-state index is 0.357. The first kappa shape index (κ1) is 15.7. The predicted octanol–water partition coefficient (Wildman–Crippen LogP) is -1.92. The first-order chi connectivity index (χ1) is 8.27. The zero-order valence-corrected chi connectivity index (χ0v) is 10.1. The van der Waals surface area contributed by atoms with Crippen LogP contribution in [0.2, 0.25) is 0 Å². The molecule has 0 spiro atoms. The molecule has 0 rings (SSSR count). The first-order valence-corrected chi connectivity index (χ1v) is 4.84. The van der Waals surface area contributed by atoms with Crippen LogP contribution in [0.15, 0.2) is 0 Å². The summed E-state index contributed by atoms with van der Waals surface area (Å²) in [7, 11) is 2.42. The number of amides is 3. The van der Waals surface area contributed by atoms with Crippen LogP contribution in [0.5, 0.6) is 0 Å². The zero-order valence-electron chi connectivity index (χ0n) is 10.1. The molecule has 0 heterocycles. The molecule has 3 amide bonds. The molecule has 0 aliphatic carbocycles. The number of carbonyl (C=O) groups is 4. The molecule has 0 unspecified atom stereocenters. The van der Waals surface area contributed by atoms with Gasteiger partial charge in [0.1, 0.15) is 19.6 Å². The Morgan fingerprint density at radius 1 is 1.17 bits per heavy atom. The summed E-state index contributed by atoms with van der Waals surface area (Å²) in [6.07, 6.45) is 0. The van der Waals surface area contributed by atoms with Crippen molar-refractivity contribution in [3.63, 3.8) is 0 Å². The number of primary amides is 1. The summed E-state index contributed by atoms with van der Waals surface area (Å²) in [5.74, 6) is -2.81. The van der Waals surface area contributed by atoms with Gasteiger partial charge in [0.25, 0.3) is 0 Å². The number of nitrogens with two attached hydrogens (primary N) is 1. The fraction of sp³-hybridized carbons (Fsp3) is 0.556. The van der Waals surface area contributed by atoms with Gasteiger partial charge in [-0.3, -0.25) is 14.4 Å². The minimum Gasteiger partial charge on any atom is -0.480 e. The number of hydrogen-bond acceptors (Lipinski definition) is 5. The second-order valence-electron chi connectivity index (χ2n) is 3.43. The molecule has 0 radical (unpaired) electrons. The Kier molecular flexibility index (Phi) is 6.18. The number of nitrogens with zero attached hydrogens (tertiary/aromatic N) is 2. The van der Waals surface area contributed by atoms with Gasteiger partial charge >= 0.3 is 18.0 Å². The van der Waals surface area contributed by atoms with Crippen molar-refractivity contribution in [3.8, 4) is 0 Å². The van der Waals surface area contributed by atoms with Crippen LogP contribution in [-0.4, -0.2) is 72.6 Å². The largest absolute Gasteiger partial charge is 0.480 e. The van der Waals surface area contributed by atoms with Gasteiger partial charge in [-0.1, -0.05) is 0 Å². The number of urea groups is 1. The van der Waals surface area contributed by atoms with Gasteiger partial charge < -0.3 is 25.4 Å². The van der Waals surface area contributed by atoms with E-state index in [2.05, 4.69) is 4.74 Å². The lowest BCUT2D eigenvalue weighted by atomic mass is 10.4. The molecular formula is C9H15N3O6. The molecule has 9 nitrogen and oxygen atoms in total. The van der Waals surface area contributed by atoms with E-state index in [0.29, 0.717) is 4.90 Å². The molecular weight excluding hydrogens is 246 g/mol. The quantitative estimate of drug-likeness (QED) is 0.536. The standard InChI is InChI=1S/C9H15N3O6/c1-11(5-8(16)18-2)9(17)12(3-6(10)13)4-7(14)15/h3-5H2,1-2H3,(H2,10,13)(H,14,15). The maximum atomic E-state index is 11.7. The molecule has 102 valence electrons. The smallest absolute Gasteiger partial charge is 0.325 e. The Balaban J connectivity index is 4.67. The van der Waals surface area contributed by atoms with Crippen LogP contribution in [0, 0.1) is 0 Å². The Hall–Kier alpha value is -2.32. The van der Waals surface area contributed by atoms with E-state index in [0.717, 1.165) is 12.0 Å². The third-order valence-electron chi connectivity index (χ3n) is 1.86. The summed E-state index contributed by atoms with van der Waals surface area (Å²) in [5, 5.41) is 8.60. The van der Waals surface area contributed by atoms with Crippen LogP contribution in [0.4, 0.5) is 4.79 Å². The second kappa shape index (κ2) is 7.09. The summed E-state index contributed by atoms with van der Waals surface area (Å²) < 4.78 is 4.35. The van der Waals surface area contributed by atoms with Gasteiger partial charge in [-0.15, -0.1) is 0 Å². The number of carbonyl (C=O) groups excluding carboxylic acids is 3. The zero-order chi connectivity index (χ0) is 14.3. The number of aliphatic carboxylic acids is 1. The van der Waals surface area contributed by atoms with Gasteiger partial charge in [0.15, 0.2) is 0 Å². The van der Waals surface area contributed by atoms with Gasteiger partial charge in [-0.25, -0.2) is 4.79 Å². The van der Waals surface area contributed by atoms with Crippen molar-refractivity contribution in [2.75, 3.05) is 33.8 Å². The highest BCUT2D eigenvalue weighted by Gasteiger charge is 2.23. The topological polar surface area (TPSA) is 130 Å². The number of rotatable bonds is 6. The van der Waals surface area contributed by atoms with Crippen LogP contribution in [0.25, 0.3) is 0 Å². The van der Waals surface area contributed by atoms with Crippen molar-refractivity contribution in [1.82, 2.24) is 9.80 Å². The SMILES string of the molecule is COC(=O)CN(C)C(=O)N(CC(N)=O)CC(=O)O. The van der Waals surface area contributed by atoms with Crippen molar-refractivity contribution in [2.24, 2.45) is 5.73 Å². The van der Waals surface area contributed by atoms with Crippen molar-refractivity contribution < 1.29 is 29.0 Å². The van der Waals surface area contributed by atoms with E-state index >= 15 is 0 Å². The van der Waals surface area contributed by atoms with Crippen LogP contribution in [0.3, 0.4) is 0 Å². The van der Waals surface area contributed by atoms with Crippen LogP contribution in [-0.2, 0) is 19.1 Å². The Morgan fingerprint density at radius 3 is 2.11 bits per heavy atom. The number of hydrogen-bond donors (Lipinski definition) is 2. The van der Waals surface area contributed by atoms with E-state index in [9.17, 15) is 19.2 Å². The highest BCUT2D eigenvalue weighted by molar-refractivity contribution is 5.87. The molecule has 0 aromatic carbocycles. The normalized spacial score (nSPS) is 9.44. The average molecular weight is 261 g/mol. The van der Waals surface area contributed by atoms with E-state index in [4.69, 9.17) is 10.8 Å². The number of likely N-dealkylation sites (N-methyl/N-ethyl adjacent to an activating group) is 1. The van der Waals surface area contributed by atoms with Crippen molar-refractivity contribution in [1.29, 1.82) is 0 Å². The van der Waals surface area contributed by atoms with E-state index < -0.39 is 37.0 Å². The summed E-state index contributed by atoms with van der Waals surface area (Å²) >= 11 is 0. The number of ether oxygens (including phenoxy) is 1. The lowest BCUT2D eigenvalue weighted by Gasteiger charge is -2.25. The number of methoxy groups -OCH3 is 1. The molecule has 0 aliphatic rings. The number of carboxylic acid groups (broad SMARTS) is 1. The Bertz CT molecular complexity index is 340. The molecule has 0 saturated carbocycles. The maximum absolute atomic E-state index is 11.7. The third-order valence-corrected chi connectivity index (χ3v) is 1.86. The summed E-state index contributed by atoms with van der Waals surface area (Å²) in [6.45, 7) is -1.59. The number of carboxylic acids is 1. The highest BCUT2D eigenvalue weighted by atomic mass is 16.5. The molecule has 0 saturated heterocycles. The van der Waals surface area contributed by atoms with Gasteiger partial charge in [-0.2, -0.15) is 0 Å². The van der Waals surface area contributed by atoms with Crippen LogP contribution >= 0.6 is 0 Å². The third kappa shape index (κ3) is 5.68. The van der Waals surface area contributed by atoms with E-state index in [1.54, 1.807) is 0 Å². The molecule has 0 bridgehead atoms. The van der Waals surface area contributed by atoms with E-state index in [1.165, 1.54) is 7.05 Å². The molecule has 0 aliphatic heterocycles. The average Bonchev–Trinajstić information content (AvgIpc) is 2.25. The Labute approximate surface area is 103 Å². The fourth-order valence-corrected chi connectivity index (χ4v) is 1.11. The van der Waals surface area contributed by atoms with E-state index in [-0.39, 0.29) is 6.54 Å². The summed E-state index contributed by atoms with van der Waals surface area (Å²) in [5.41, 5.74) is 4.90. The van der Waals surface area contributed by atoms with Crippen LogP contribution < -0.4 is 5.73 Å². The second-order valence-corrected chi connectivity index (χ2v) is 3.43. The molecule has 0 atom stereocenters. The summed E-state index contributed by atoms with van der Waals surface area (Å²) in [4.78, 5) is 45.6. The predicted molar refractivity (Wildman–Crippen MR) is 58.4 cm³/mol. The van der Waals surface area contributed by atoms with Crippen LogP contribution in [0.1, 0.15) is 0 Å².